The molecule has 1 aromatic carbocycles. The highest BCUT2D eigenvalue weighted by atomic mass is 16.5. The normalized spacial score (nSPS) is 14.1. The third-order valence-electron chi connectivity index (χ3n) is 6.36. The summed E-state index contributed by atoms with van der Waals surface area (Å²) in [6.45, 7) is 5.81. The highest BCUT2D eigenvalue weighted by molar-refractivity contribution is 5.97. The van der Waals surface area contributed by atoms with E-state index in [1.54, 1.807) is 39.8 Å². The van der Waals surface area contributed by atoms with Crippen molar-refractivity contribution in [3.8, 4) is 11.6 Å². The molecule has 3 aromatic rings. The van der Waals surface area contributed by atoms with Crippen LogP contribution in [0.15, 0.2) is 24.3 Å². The van der Waals surface area contributed by atoms with Gasteiger partial charge in [-0.15, -0.1) is 5.10 Å². The minimum Gasteiger partial charge on any atom is -0.507 e. The molecule has 1 aliphatic heterocycles. The van der Waals surface area contributed by atoms with Gasteiger partial charge in [-0.3, -0.25) is 9.59 Å². The molecule has 0 unspecified atom stereocenters. The number of carbonyl (C=O) groups is 2. The number of amides is 2. The largest absolute Gasteiger partial charge is 0.507 e. The van der Waals surface area contributed by atoms with Crippen LogP contribution in [0.5, 0.6) is 11.6 Å². The van der Waals surface area contributed by atoms with Crippen molar-refractivity contribution in [1.29, 1.82) is 0 Å². The highest BCUT2D eigenvalue weighted by Gasteiger charge is 2.26. The summed E-state index contributed by atoms with van der Waals surface area (Å²) >= 11 is 0. The fraction of sp³-hybridized carbons (Fsp3) is 0.417. The Bertz CT molecular complexity index is 1210. The van der Waals surface area contributed by atoms with Gasteiger partial charge >= 0.3 is 0 Å². The minimum absolute atomic E-state index is 0.0254. The van der Waals surface area contributed by atoms with Crippen LogP contribution in [-0.4, -0.2) is 74.8 Å². The number of carbonyl (C=O) groups excluding carboxylic acids is 2. The van der Waals surface area contributed by atoms with Crippen molar-refractivity contribution >= 4 is 22.8 Å². The molecular weight excluding hydrogens is 422 g/mol. The van der Waals surface area contributed by atoms with Crippen molar-refractivity contribution in [1.82, 2.24) is 24.6 Å². The van der Waals surface area contributed by atoms with Crippen LogP contribution in [0.25, 0.3) is 11.0 Å². The van der Waals surface area contributed by atoms with E-state index >= 15 is 0 Å². The smallest absolute Gasteiger partial charge is 0.257 e. The number of benzene rings is 1. The monoisotopic (exact) mass is 451 g/mol. The second-order valence-electron chi connectivity index (χ2n) is 8.32. The number of fused-ring (bicyclic) bond motifs is 1. The van der Waals surface area contributed by atoms with Crippen molar-refractivity contribution in [2.75, 3.05) is 33.3 Å². The topological polar surface area (TPSA) is 101 Å². The molecule has 9 heteroatoms. The van der Waals surface area contributed by atoms with Crippen molar-refractivity contribution in [2.45, 2.75) is 26.7 Å². The van der Waals surface area contributed by atoms with Crippen molar-refractivity contribution in [2.24, 2.45) is 7.05 Å². The molecule has 0 atom stereocenters. The van der Waals surface area contributed by atoms with Gasteiger partial charge in [0.25, 0.3) is 5.91 Å². The lowest BCUT2D eigenvalue weighted by Crippen LogP contribution is -2.50. The Balaban J connectivity index is 1.40. The fourth-order valence-corrected chi connectivity index (χ4v) is 4.48. The molecule has 174 valence electrons. The zero-order valence-corrected chi connectivity index (χ0v) is 19.5. The van der Waals surface area contributed by atoms with Gasteiger partial charge in [0.05, 0.1) is 18.1 Å². The molecule has 1 N–H and O–H groups in total. The van der Waals surface area contributed by atoms with Crippen molar-refractivity contribution < 1.29 is 19.4 Å². The van der Waals surface area contributed by atoms with E-state index in [2.05, 4.69) is 5.10 Å². The molecule has 0 aliphatic carbocycles. The Hall–Kier alpha value is -3.62. The summed E-state index contributed by atoms with van der Waals surface area (Å²) in [5, 5.41) is 15.2. The van der Waals surface area contributed by atoms with Gasteiger partial charge < -0.3 is 19.6 Å². The Kier molecular flexibility index (Phi) is 6.22. The summed E-state index contributed by atoms with van der Waals surface area (Å²) in [5.74, 6) is 0.357. The number of hydrogen-bond donors (Lipinski definition) is 1. The molecule has 1 aliphatic rings. The molecule has 9 nitrogen and oxygen atoms in total. The molecule has 3 heterocycles. The molecule has 1 saturated heterocycles. The number of aromatic hydroxyl groups is 1. The van der Waals surface area contributed by atoms with E-state index in [0.29, 0.717) is 44.9 Å². The van der Waals surface area contributed by atoms with Gasteiger partial charge in [0.15, 0.2) is 5.65 Å². The molecule has 1 fully saturated rings. The van der Waals surface area contributed by atoms with E-state index in [0.717, 1.165) is 27.9 Å². The SMILES string of the molecule is COc1nn(C)c2nc(C)c(CCC(=O)N3CCN(C(=O)c4ccccc4O)CC3)c(C)c12. The Morgan fingerprint density at radius 3 is 2.42 bits per heavy atom. The molecule has 2 aromatic heterocycles. The Labute approximate surface area is 192 Å². The second-order valence-corrected chi connectivity index (χ2v) is 8.32. The number of ether oxygens (including phenoxy) is 1. The average molecular weight is 452 g/mol. The number of aryl methyl sites for hydroxylation is 3. The van der Waals surface area contributed by atoms with E-state index < -0.39 is 0 Å². The summed E-state index contributed by atoms with van der Waals surface area (Å²) in [6.07, 6.45) is 0.944. The van der Waals surface area contributed by atoms with E-state index in [9.17, 15) is 14.7 Å². The van der Waals surface area contributed by atoms with Crippen LogP contribution in [0.3, 0.4) is 0 Å². The number of nitrogens with zero attached hydrogens (tertiary/aromatic N) is 5. The predicted octanol–water partition coefficient (Wildman–Crippen LogP) is 2.22. The number of phenolic OH excluding ortho intramolecular Hbond substituents is 1. The molecule has 0 saturated carbocycles. The highest BCUT2D eigenvalue weighted by Crippen LogP contribution is 2.30. The van der Waals surface area contributed by atoms with Crippen LogP contribution in [0.2, 0.25) is 0 Å². The molecule has 33 heavy (non-hydrogen) atoms. The van der Waals surface area contributed by atoms with Gasteiger partial charge in [0.1, 0.15) is 5.75 Å². The van der Waals surface area contributed by atoms with Crippen LogP contribution in [0, 0.1) is 13.8 Å². The second kappa shape index (κ2) is 9.09. The fourth-order valence-electron chi connectivity index (χ4n) is 4.48. The lowest BCUT2D eigenvalue weighted by atomic mass is 10.00. The van der Waals surface area contributed by atoms with Gasteiger partial charge in [-0.1, -0.05) is 12.1 Å². The predicted molar refractivity (Wildman–Crippen MR) is 123 cm³/mol. The first-order valence-electron chi connectivity index (χ1n) is 11.0. The molecule has 0 radical (unpaired) electrons. The first-order chi connectivity index (χ1) is 15.8. The number of pyridine rings is 1. The quantitative estimate of drug-likeness (QED) is 0.638. The summed E-state index contributed by atoms with van der Waals surface area (Å²) in [5.41, 5.74) is 4.01. The van der Waals surface area contributed by atoms with Crippen LogP contribution in [-0.2, 0) is 18.3 Å². The zero-order valence-electron chi connectivity index (χ0n) is 19.5. The summed E-state index contributed by atoms with van der Waals surface area (Å²) in [7, 11) is 3.43. The standard InChI is InChI=1S/C24H29N5O4/c1-15-17(16(2)25-22-21(15)23(33-4)26-27(22)3)9-10-20(31)28-11-13-29(14-12-28)24(32)18-7-5-6-8-19(18)30/h5-8,30H,9-14H2,1-4H3. The number of para-hydroxylation sites is 1. The first kappa shape index (κ1) is 22.6. The van der Waals surface area contributed by atoms with Gasteiger partial charge in [-0.2, -0.15) is 0 Å². The maximum Gasteiger partial charge on any atom is 0.257 e. The number of methoxy groups -OCH3 is 1. The van der Waals surface area contributed by atoms with Gasteiger partial charge in [-0.25, -0.2) is 9.67 Å². The van der Waals surface area contributed by atoms with Gasteiger partial charge in [0, 0.05) is 45.3 Å². The summed E-state index contributed by atoms with van der Waals surface area (Å²) in [4.78, 5) is 33.8. The molecule has 2 amide bonds. The van der Waals surface area contributed by atoms with Crippen molar-refractivity contribution in [3.05, 3.63) is 46.6 Å². The number of hydrogen-bond acceptors (Lipinski definition) is 6. The van der Waals surface area contributed by atoms with E-state index in [1.165, 1.54) is 6.07 Å². The molecular formula is C24H29N5O4. The minimum atomic E-state index is -0.212. The van der Waals surface area contributed by atoms with E-state index in [1.807, 2.05) is 20.9 Å². The van der Waals surface area contributed by atoms with Crippen LogP contribution in [0.4, 0.5) is 0 Å². The zero-order chi connectivity index (χ0) is 23.7. The molecule has 0 spiro atoms. The van der Waals surface area contributed by atoms with E-state index in [-0.39, 0.29) is 23.1 Å². The summed E-state index contributed by atoms with van der Waals surface area (Å²) < 4.78 is 7.13. The molecule has 0 bridgehead atoms. The molecule has 4 rings (SSSR count). The number of piperazine rings is 1. The summed E-state index contributed by atoms with van der Waals surface area (Å²) in [6, 6.07) is 6.53. The number of aromatic nitrogens is 3. The van der Waals surface area contributed by atoms with Crippen LogP contribution in [0.1, 0.15) is 33.6 Å². The van der Waals surface area contributed by atoms with Gasteiger partial charge in [0.2, 0.25) is 11.8 Å². The van der Waals surface area contributed by atoms with Crippen molar-refractivity contribution in [3.63, 3.8) is 0 Å². The number of rotatable bonds is 5. The lowest BCUT2D eigenvalue weighted by Gasteiger charge is -2.35. The third kappa shape index (κ3) is 4.22. The Morgan fingerprint density at radius 1 is 1.09 bits per heavy atom. The maximum absolute atomic E-state index is 12.9. The Morgan fingerprint density at radius 2 is 1.76 bits per heavy atom. The number of phenols is 1. The first-order valence-corrected chi connectivity index (χ1v) is 11.0. The average Bonchev–Trinajstić information content (AvgIpc) is 3.14. The van der Waals surface area contributed by atoms with Crippen LogP contribution >= 0.6 is 0 Å². The van der Waals surface area contributed by atoms with E-state index in [4.69, 9.17) is 9.72 Å². The third-order valence-corrected chi connectivity index (χ3v) is 6.36. The maximum atomic E-state index is 12.9. The van der Waals surface area contributed by atoms with Crippen LogP contribution < -0.4 is 4.74 Å². The lowest BCUT2D eigenvalue weighted by molar-refractivity contribution is -0.132. The van der Waals surface area contributed by atoms with Gasteiger partial charge in [-0.05, 0) is 43.5 Å².